The lowest BCUT2D eigenvalue weighted by Gasteiger charge is -2.13. The van der Waals surface area contributed by atoms with Gasteiger partial charge in [-0.05, 0) is 74.4 Å². The molecule has 0 bridgehead atoms. The molecule has 4 rings (SSSR count). The van der Waals surface area contributed by atoms with E-state index in [1.54, 1.807) is 29.5 Å². The van der Waals surface area contributed by atoms with Crippen LogP contribution in [0.15, 0.2) is 47.5 Å². The molecule has 148 valence electrons. The van der Waals surface area contributed by atoms with E-state index in [4.69, 9.17) is 0 Å². The molecule has 1 N–H and O–H groups in total. The van der Waals surface area contributed by atoms with Crippen LogP contribution >= 0.6 is 11.3 Å². The Balaban J connectivity index is 1.69. The predicted octanol–water partition coefficient (Wildman–Crippen LogP) is 6.39. The van der Waals surface area contributed by atoms with Crippen molar-refractivity contribution in [2.24, 2.45) is 4.99 Å². The molecular weight excluding hydrogens is 383 g/mol. The van der Waals surface area contributed by atoms with Crippen LogP contribution in [0.25, 0.3) is 0 Å². The second-order valence-electron chi connectivity index (χ2n) is 7.42. The maximum absolute atomic E-state index is 14.0. The van der Waals surface area contributed by atoms with E-state index >= 15 is 0 Å². The number of hydrogen-bond acceptors (Lipinski definition) is 3. The quantitative estimate of drug-likeness (QED) is 0.502. The number of thiophene rings is 1. The summed E-state index contributed by atoms with van der Waals surface area (Å²) < 4.78 is 14.0. The summed E-state index contributed by atoms with van der Waals surface area (Å²) in [7, 11) is 0. The Morgan fingerprint density at radius 2 is 1.90 bits per heavy atom. The van der Waals surface area contributed by atoms with Crippen molar-refractivity contribution in [3.8, 4) is 0 Å². The Morgan fingerprint density at radius 3 is 2.69 bits per heavy atom. The van der Waals surface area contributed by atoms with Crippen LogP contribution in [0.2, 0.25) is 0 Å². The number of nitrogens with one attached hydrogen (secondary N) is 1. The molecule has 0 atom stereocenters. The Kier molecular flexibility index (Phi) is 5.58. The SMILES string of the molecule is Cc1ccc(NC(=O)c2c(N=Cc3ccccc3F)sc3c2CCCC3)cc1C. The summed E-state index contributed by atoms with van der Waals surface area (Å²) in [6.07, 6.45) is 5.57. The van der Waals surface area contributed by atoms with Gasteiger partial charge in [0.2, 0.25) is 0 Å². The van der Waals surface area contributed by atoms with E-state index in [-0.39, 0.29) is 11.7 Å². The van der Waals surface area contributed by atoms with Crippen molar-refractivity contribution in [1.82, 2.24) is 0 Å². The van der Waals surface area contributed by atoms with Crippen LogP contribution < -0.4 is 5.32 Å². The minimum atomic E-state index is -0.321. The normalized spacial score (nSPS) is 13.5. The minimum Gasteiger partial charge on any atom is -0.322 e. The van der Waals surface area contributed by atoms with Gasteiger partial charge in [-0.2, -0.15) is 0 Å². The smallest absolute Gasteiger partial charge is 0.259 e. The maximum atomic E-state index is 14.0. The number of halogens is 1. The van der Waals surface area contributed by atoms with Gasteiger partial charge in [-0.1, -0.05) is 24.3 Å². The first kappa shape index (κ1) is 19.5. The van der Waals surface area contributed by atoms with Gasteiger partial charge in [0.25, 0.3) is 5.91 Å². The third-order valence-corrected chi connectivity index (χ3v) is 6.57. The molecule has 0 fully saturated rings. The van der Waals surface area contributed by atoms with Crippen molar-refractivity contribution in [3.63, 3.8) is 0 Å². The van der Waals surface area contributed by atoms with Crippen LogP contribution in [0, 0.1) is 19.7 Å². The van der Waals surface area contributed by atoms with E-state index < -0.39 is 0 Å². The Bertz CT molecular complexity index is 1100. The highest BCUT2D eigenvalue weighted by atomic mass is 32.1. The zero-order valence-electron chi connectivity index (χ0n) is 16.6. The fraction of sp³-hybridized carbons (Fsp3) is 0.250. The molecular formula is C24H23FN2OS. The predicted molar refractivity (Wildman–Crippen MR) is 118 cm³/mol. The van der Waals surface area contributed by atoms with Gasteiger partial charge in [-0.3, -0.25) is 4.79 Å². The van der Waals surface area contributed by atoms with Crippen LogP contribution in [-0.4, -0.2) is 12.1 Å². The number of aryl methyl sites for hydroxylation is 3. The zero-order valence-corrected chi connectivity index (χ0v) is 17.4. The van der Waals surface area contributed by atoms with Crippen molar-refractivity contribution >= 4 is 34.1 Å². The van der Waals surface area contributed by atoms with E-state index in [0.29, 0.717) is 16.1 Å². The first-order valence-corrected chi connectivity index (χ1v) is 10.7. The Hall–Kier alpha value is -2.79. The first-order chi connectivity index (χ1) is 14.0. The molecule has 1 heterocycles. The number of hydrogen-bond donors (Lipinski definition) is 1. The molecule has 0 saturated carbocycles. The van der Waals surface area contributed by atoms with E-state index in [1.165, 1.54) is 22.7 Å². The summed E-state index contributed by atoms with van der Waals surface area (Å²) in [5.74, 6) is -0.466. The number of carbonyl (C=O) groups is 1. The Morgan fingerprint density at radius 1 is 1.10 bits per heavy atom. The minimum absolute atomic E-state index is 0.145. The first-order valence-electron chi connectivity index (χ1n) is 9.84. The van der Waals surface area contributed by atoms with Crippen molar-refractivity contribution in [2.45, 2.75) is 39.5 Å². The Labute approximate surface area is 174 Å². The van der Waals surface area contributed by atoms with Crippen LogP contribution in [-0.2, 0) is 12.8 Å². The topological polar surface area (TPSA) is 41.5 Å². The molecule has 0 unspecified atom stereocenters. The number of fused-ring (bicyclic) bond motifs is 1. The van der Waals surface area contributed by atoms with E-state index in [0.717, 1.165) is 42.5 Å². The molecule has 3 nitrogen and oxygen atoms in total. The third kappa shape index (κ3) is 4.15. The molecule has 0 saturated heterocycles. The van der Waals surface area contributed by atoms with Gasteiger partial charge in [0.1, 0.15) is 10.8 Å². The highest BCUT2D eigenvalue weighted by Gasteiger charge is 2.25. The molecule has 2 aromatic carbocycles. The van der Waals surface area contributed by atoms with Gasteiger partial charge >= 0.3 is 0 Å². The second kappa shape index (κ2) is 8.29. The van der Waals surface area contributed by atoms with E-state index in [9.17, 15) is 9.18 Å². The lowest BCUT2D eigenvalue weighted by Crippen LogP contribution is -2.15. The van der Waals surface area contributed by atoms with Crippen molar-refractivity contribution in [3.05, 3.63) is 81.0 Å². The summed E-state index contributed by atoms with van der Waals surface area (Å²) in [4.78, 5) is 18.9. The number of nitrogens with zero attached hydrogens (tertiary/aromatic N) is 1. The standard InChI is InChI=1S/C24H23FN2OS/c1-15-11-12-18(13-16(15)2)27-23(28)22-19-8-4-6-10-21(19)29-24(22)26-14-17-7-3-5-9-20(17)25/h3,5,7,9,11-14H,4,6,8,10H2,1-2H3,(H,27,28). The van der Waals surface area contributed by atoms with Gasteiger partial charge in [0.15, 0.2) is 0 Å². The average Bonchev–Trinajstić information content (AvgIpc) is 3.08. The third-order valence-electron chi connectivity index (χ3n) is 5.37. The fourth-order valence-corrected chi connectivity index (χ4v) is 4.83. The summed E-state index contributed by atoms with van der Waals surface area (Å²) >= 11 is 1.55. The molecule has 0 aliphatic heterocycles. The molecule has 1 aromatic heterocycles. The van der Waals surface area contributed by atoms with Crippen molar-refractivity contribution in [2.75, 3.05) is 5.32 Å². The molecule has 1 aliphatic carbocycles. The van der Waals surface area contributed by atoms with Gasteiger partial charge in [-0.15, -0.1) is 11.3 Å². The summed E-state index contributed by atoms with van der Waals surface area (Å²) in [5, 5.41) is 3.69. The van der Waals surface area contributed by atoms with Gasteiger partial charge in [0.05, 0.1) is 5.56 Å². The van der Waals surface area contributed by atoms with Crippen molar-refractivity contribution < 1.29 is 9.18 Å². The zero-order chi connectivity index (χ0) is 20.4. The summed E-state index contributed by atoms with van der Waals surface area (Å²) in [6, 6.07) is 12.4. The van der Waals surface area contributed by atoms with Gasteiger partial charge < -0.3 is 5.32 Å². The molecule has 0 radical (unpaired) electrons. The van der Waals surface area contributed by atoms with E-state index in [1.807, 2.05) is 32.0 Å². The van der Waals surface area contributed by atoms with Crippen LogP contribution in [0.5, 0.6) is 0 Å². The monoisotopic (exact) mass is 406 g/mol. The largest absolute Gasteiger partial charge is 0.322 e. The highest BCUT2D eigenvalue weighted by Crippen LogP contribution is 2.40. The lowest BCUT2D eigenvalue weighted by molar-refractivity contribution is 0.102. The second-order valence-corrected chi connectivity index (χ2v) is 8.51. The molecule has 29 heavy (non-hydrogen) atoms. The number of carbonyl (C=O) groups excluding carboxylic acids is 1. The summed E-state index contributed by atoms with van der Waals surface area (Å²) in [5.41, 5.74) is 5.25. The van der Waals surface area contributed by atoms with Gasteiger partial charge in [0, 0.05) is 22.3 Å². The molecule has 0 spiro atoms. The molecule has 1 amide bonds. The number of amides is 1. The summed E-state index contributed by atoms with van der Waals surface area (Å²) in [6.45, 7) is 4.08. The molecule has 3 aromatic rings. The molecule has 5 heteroatoms. The number of rotatable bonds is 4. The average molecular weight is 407 g/mol. The fourth-order valence-electron chi connectivity index (χ4n) is 3.60. The number of aliphatic imine (C=N–C) groups is 1. The number of anilines is 1. The van der Waals surface area contributed by atoms with Crippen LogP contribution in [0.4, 0.5) is 15.1 Å². The van der Waals surface area contributed by atoms with E-state index in [2.05, 4.69) is 10.3 Å². The van der Waals surface area contributed by atoms with Crippen LogP contribution in [0.3, 0.4) is 0 Å². The van der Waals surface area contributed by atoms with Crippen LogP contribution in [0.1, 0.15) is 50.3 Å². The van der Waals surface area contributed by atoms with Gasteiger partial charge in [-0.25, -0.2) is 9.38 Å². The lowest BCUT2D eigenvalue weighted by atomic mass is 9.95. The molecule has 1 aliphatic rings. The number of benzene rings is 2. The maximum Gasteiger partial charge on any atom is 0.259 e. The van der Waals surface area contributed by atoms with Crippen molar-refractivity contribution in [1.29, 1.82) is 0 Å². The highest BCUT2D eigenvalue weighted by molar-refractivity contribution is 7.16.